The number of carbonyl (C=O) groups excluding carboxylic acids is 1. The van der Waals surface area contributed by atoms with Gasteiger partial charge in [-0.2, -0.15) is 0 Å². The van der Waals surface area contributed by atoms with E-state index in [1.165, 1.54) is 0 Å². The van der Waals surface area contributed by atoms with Crippen molar-refractivity contribution in [2.45, 2.75) is 31.7 Å². The second-order valence-electron chi connectivity index (χ2n) is 6.32. The number of anilines is 1. The van der Waals surface area contributed by atoms with E-state index in [1.54, 1.807) is 18.1 Å². The number of hydrogen-bond donors (Lipinski definition) is 1. The van der Waals surface area contributed by atoms with Gasteiger partial charge in [0.2, 0.25) is 5.91 Å². The summed E-state index contributed by atoms with van der Waals surface area (Å²) in [4.78, 5) is 26.2. The number of carbonyl (C=O) groups is 2. The smallest absolute Gasteiger partial charge is 0.311 e. The highest BCUT2D eigenvalue weighted by atomic mass is 16.5. The summed E-state index contributed by atoms with van der Waals surface area (Å²) in [5.41, 5.74) is 2.30. The molecule has 2 aromatic carbocycles. The molecule has 2 aromatic rings. The van der Waals surface area contributed by atoms with Gasteiger partial charge in [0.25, 0.3) is 0 Å². The summed E-state index contributed by atoms with van der Waals surface area (Å²) in [6.07, 6.45) is 0.682. The van der Waals surface area contributed by atoms with Crippen LogP contribution in [0.4, 0.5) is 5.69 Å². The molecule has 0 aliphatic carbocycles. The zero-order valence-electron chi connectivity index (χ0n) is 14.3. The van der Waals surface area contributed by atoms with Crippen molar-refractivity contribution in [1.82, 2.24) is 0 Å². The van der Waals surface area contributed by atoms with Crippen LogP contribution in [0, 0.1) is 0 Å². The van der Waals surface area contributed by atoms with Crippen molar-refractivity contribution in [2.24, 2.45) is 0 Å². The van der Waals surface area contributed by atoms with Crippen molar-refractivity contribution in [3.05, 3.63) is 59.7 Å². The van der Waals surface area contributed by atoms with Crippen LogP contribution in [0.15, 0.2) is 48.5 Å². The second-order valence-corrected chi connectivity index (χ2v) is 6.32. The van der Waals surface area contributed by atoms with Crippen LogP contribution in [0.25, 0.3) is 0 Å². The fraction of sp³-hybridized carbons (Fsp3) is 0.300. The maximum Gasteiger partial charge on any atom is 0.311 e. The first-order chi connectivity index (χ1) is 12.0. The SMILES string of the molecule is COc1ccc(CC(=O)N2c3ccccc3C(C(=O)O)CC2C)cc1. The molecule has 3 rings (SSSR count). The molecule has 0 bridgehead atoms. The highest BCUT2D eigenvalue weighted by Gasteiger charge is 2.36. The molecule has 5 heteroatoms. The molecule has 1 aliphatic rings. The quantitative estimate of drug-likeness (QED) is 0.929. The number of fused-ring (bicyclic) bond motifs is 1. The average Bonchev–Trinajstić information content (AvgIpc) is 2.61. The number of para-hydroxylation sites is 1. The van der Waals surface area contributed by atoms with Gasteiger partial charge in [0.05, 0.1) is 19.4 Å². The third-order valence-corrected chi connectivity index (χ3v) is 4.67. The summed E-state index contributed by atoms with van der Waals surface area (Å²) in [6.45, 7) is 1.90. The zero-order valence-corrected chi connectivity index (χ0v) is 14.3. The molecule has 2 unspecified atom stereocenters. The summed E-state index contributed by atoms with van der Waals surface area (Å²) >= 11 is 0. The van der Waals surface area contributed by atoms with Gasteiger partial charge in [-0.1, -0.05) is 30.3 Å². The molecule has 5 nitrogen and oxygen atoms in total. The molecule has 0 spiro atoms. The van der Waals surface area contributed by atoms with Gasteiger partial charge in [-0.3, -0.25) is 9.59 Å². The van der Waals surface area contributed by atoms with Crippen molar-refractivity contribution in [3.8, 4) is 5.75 Å². The lowest BCUT2D eigenvalue weighted by molar-refractivity contribution is -0.139. The van der Waals surface area contributed by atoms with Crippen LogP contribution in [-0.4, -0.2) is 30.1 Å². The van der Waals surface area contributed by atoms with Gasteiger partial charge < -0.3 is 14.7 Å². The Hall–Kier alpha value is -2.82. The summed E-state index contributed by atoms with van der Waals surface area (Å²) in [5, 5.41) is 9.50. The molecule has 0 aromatic heterocycles. The molecule has 1 aliphatic heterocycles. The molecule has 130 valence electrons. The molecule has 25 heavy (non-hydrogen) atoms. The number of methoxy groups -OCH3 is 1. The third-order valence-electron chi connectivity index (χ3n) is 4.67. The Morgan fingerprint density at radius 3 is 2.48 bits per heavy atom. The minimum absolute atomic E-state index is 0.0334. The maximum atomic E-state index is 12.9. The van der Waals surface area contributed by atoms with E-state index in [9.17, 15) is 14.7 Å². The molecule has 1 amide bonds. The van der Waals surface area contributed by atoms with Gasteiger partial charge in [-0.15, -0.1) is 0 Å². The van der Waals surface area contributed by atoms with E-state index in [4.69, 9.17) is 4.74 Å². The Morgan fingerprint density at radius 2 is 1.84 bits per heavy atom. The minimum atomic E-state index is -0.846. The highest BCUT2D eigenvalue weighted by Crippen LogP contribution is 2.38. The number of carboxylic acids is 1. The molecule has 2 atom stereocenters. The number of hydrogen-bond acceptors (Lipinski definition) is 3. The van der Waals surface area contributed by atoms with Crippen molar-refractivity contribution in [1.29, 1.82) is 0 Å². The predicted molar refractivity (Wildman–Crippen MR) is 95.1 cm³/mol. The Kier molecular flexibility index (Phi) is 4.74. The van der Waals surface area contributed by atoms with E-state index in [0.717, 1.165) is 11.3 Å². The second kappa shape index (κ2) is 6.97. The van der Waals surface area contributed by atoms with Crippen LogP contribution in [-0.2, 0) is 16.0 Å². The van der Waals surface area contributed by atoms with Crippen molar-refractivity contribution < 1.29 is 19.4 Å². The lowest BCUT2D eigenvalue weighted by atomic mass is 9.86. The molecule has 1 heterocycles. The summed E-state index contributed by atoms with van der Waals surface area (Å²) in [5.74, 6) is -0.705. The number of aliphatic carboxylic acids is 1. The molecule has 0 radical (unpaired) electrons. The molecule has 0 saturated heterocycles. The minimum Gasteiger partial charge on any atom is -0.497 e. The monoisotopic (exact) mass is 339 g/mol. The van der Waals surface area contributed by atoms with Crippen LogP contribution in [0.1, 0.15) is 30.4 Å². The number of ether oxygens (including phenoxy) is 1. The molecular formula is C20H21NO4. The van der Waals surface area contributed by atoms with E-state index in [-0.39, 0.29) is 18.4 Å². The zero-order chi connectivity index (χ0) is 18.0. The number of rotatable bonds is 4. The van der Waals surface area contributed by atoms with E-state index in [2.05, 4.69) is 0 Å². The Labute approximate surface area is 146 Å². The van der Waals surface area contributed by atoms with Crippen LogP contribution >= 0.6 is 0 Å². The predicted octanol–water partition coefficient (Wildman–Crippen LogP) is 3.23. The van der Waals surface area contributed by atoms with E-state index < -0.39 is 11.9 Å². The van der Waals surface area contributed by atoms with E-state index in [1.807, 2.05) is 49.4 Å². The van der Waals surface area contributed by atoms with Crippen LogP contribution in [0.2, 0.25) is 0 Å². The number of amides is 1. The summed E-state index contributed by atoms with van der Waals surface area (Å²) in [7, 11) is 1.60. The van der Waals surface area contributed by atoms with Gasteiger partial charge in [-0.25, -0.2) is 0 Å². The average molecular weight is 339 g/mol. The normalized spacial score (nSPS) is 19.2. The lowest BCUT2D eigenvalue weighted by Gasteiger charge is -2.38. The number of nitrogens with zero attached hydrogens (tertiary/aromatic N) is 1. The van der Waals surface area contributed by atoms with Crippen LogP contribution < -0.4 is 9.64 Å². The van der Waals surface area contributed by atoms with E-state index >= 15 is 0 Å². The first-order valence-electron chi connectivity index (χ1n) is 8.28. The van der Waals surface area contributed by atoms with Gasteiger partial charge in [0, 0.05) is 11.7 Å². The summed E-state index contributed by atoms with van der Waals surface area (Å²) < 4.78 is 5.14. The standard InChI is InChI=1S/C20H21NO4/c1-13-11-17(20(23)24)16-5-3-4-6-18(16)21(13)19(22)12-14-7-9-15(25-2)10-8-14/h3-10,13,17H,11-12H2,1-2H3,(H,23,24). The molecule has 0 fully saturated rings. The van der Waals surface area contributed by atoms with Gasteiger partial charge in [0.1, 0.15) is 5.75 Å². The van der Waals surface area contributed by atoms with Crippen molar-refractivity contribution in [2.75, 3.05) is 12.0 Å². The topological polar surface area (TPSA) is 66.8 Å². The molecule has 0 saturated carbocycles. The van der Waals surface area contributed by atoms with Gasteiger partial charge in [-0.05, 0) is 42.7 Å². The van der Waals surface area contributed by atoms with Crippen molar-refractivity contribution in [3.63, 3.8) is 0 Å². The highest BCUT2D eigenvalue weighted by molar-refractivity contribution is 5.98. The maximum absolute atomic E-state index is 12.9. The summed E-state index contributed by atoms with van der Waals surface area (Å²) in [6, 6.07) is 14.5. The van der Waals surface area contributed by atoms with Gasteiger partial charge in [0.15, 0.2) is 0 Å². The molecular weight excluding hydrogens is 318 g/mol. The number of carboxylic acid groups (broad SMARTS) is 1. The van der Waals surface area contributed by atoms with Crippen LogP contribution in [0.3, 0.4) is 0 Å². The lowest BCUT2D eigenvalue weighted by Crippen LogP contribution is -2.45. The van der Waals surface area contributed by atoms with Gasteiger partial charge >= 0.3 is 5.97 Å². The first kappa shape index (κ1) is 17.0. The van der Waals surface area contributed by atoms with Crippen LogP contribution in [0.5, 0.6) is 5.75 Å². The fourth-order valence-corrected chi connectivity index (χ4v) is 3.43. The first-order valence-corrected chi connectivity index (χ1v) is 8.28. The molecule has 1 N–H and O–H groups in total. The van der Waals surface area contributed by atoms with E-state index in [0.29, 0.717) is 17.7 Å². The number of benzene rings is 2. The third kappa shape index (κ3) is 3.36. The fourth-order valence-electron chi connectivity index (χ4n) is 3.43. The Balaban J connectivity index is 1.88. The Morgan fingerprint density at radius 1 is 1.16 bits per heavy atom. The Bertz CT molecular complexity index is 785. The van der Waals surface area contributed by atoms with Crippen molar-refractivity contribution >= 4 is 17.6 Å². The largest absolute Gasteiger partial charge is 0.497 e.